The summed E-state index contributed by atoms with van der Waals surface area (Å²) in [6, 6.07) is 0. The van der Waals surface area contributed by atoms with E-state index in [2.05, 4.69) is 35.6 Å². The summed E-state index contributed by atoms with van der Waals surface area (Å²) in [5, 5.41) is 2.60. The molecule has 0 aromatic rings. The van der Waals surface area contributed by atoms with E-state index in [4.69, 9.17) is 4.74 Å². The predicted octanol–water partition coefficient (Wildman–Crippen LogP) is 1.29. The predicted molar refractivity (Wildman–Crippen MR) is 65.9 cm³/mol. The van der Waals surface area contributed by atoms with Crippen LogP contribution in [0.2, 0.25) is 0 Å². The van der Waals surface area contributed by atoms with Crippen LogP contribution in [0.5, 0.6) is 0 Å². The van der Waals surface area contributed by atoms with Crippen molar-refractivity contribution in [2.75, 3.05) is 20.1 Å². The average molecular weight is 235 g/mol. The number of allylic oxidation sites excluding steroid dienone is 1. The van der Waals surface area contributed by atoms with Gasteiger partial charge in [-0.25, -0.2) is 4.79 Å². The molecule has 5 heteroatoms. The van der Waals surface area contributed by atoms with Gasteiger partial charge in [-0.3, -0.25) is 10.3 Å². The first kappa shape index (κ1) is 11.9. The third-order valence-electron chi connectivity index (χ3n) is 3.37. The van der Waals surface area contributed by atoms with Gasteiger partial charge in [-0.1, -0.05) is 6.58 Å². The largest absolute Gasteiger partial charge is 0.436 e. The molecule has 1 spiro atoms. The highest BCUT2D eigenvalue weighted by atomic mass is 16.6. The molecule has 0 aromatic carbocycles. The highest BCUT2D eigenvalue weighted by Gasteiger charge is 2.45. The normalized spacial score (nSPS) is 24.2. The summed E-state index contributed by atoms with van der Waals surface area (Å²) in [4.78, 5) is 17.8. The smallest absolute Gasteiger partial charge is 0.412 e. The molecule has 0 unspecified atom stereocenters. The van der Waals surface area contributed by atoms with Gasteiger partial charge in [0.2, 0.25) is 0 Å². The first-order chi connectivity index (χ1) is 8.11. The molecule has 1 saturated heterocycles. The van der Waals surface area contributed by atoms with Crippen LogP contribution < -0.4 is 5.32 Å². The first-order valence-electron chi connectivity index (χ1n) is 5.64. The number of rotatable bonds is 2. The van der Waals surface area contributed by atoms with Crippen LogP contribution in [0, 0.1) is 0 Å². The molecule has 0 saturated carbocycles. The van der Waals surface area contributed by atoms with Gasteiger partial charge >= 0.3 is 6.09 Å². The van der Waals surface area contributed by atoms with Gasteiger partial charge in [0, 0.05) is 25.9 Å². The quantitative estimate of drug-likeness (QED) is 0.734. The average Bonchev–Trinajstić information content (AvgIpc) is 2.32. The van der Waals surface area contributed by atoms with E-state index in [9.17, 15) is 4.79 Å². The maximum absolute atomic E-state index is 11.6. The third kappa shape index (κ3) is 1.98. The van der Waals surface area contributed by atoms with Gasteiger partial charge in [-0.15, -0.1) is 0 Å². The number of carbonyl (C=O) groups excluding carboxylic acids is 1. The fourth-order valence-electron chi connectivity index (χ4n) is 2.36. The Kier molecular flexibility index (Phi) is 3.02. The molecule has 2 aliphatic heterocycles. The number of hydrogen-bond acceptors (Lipinski definition) is 4. The van der Waals surface area contributed by atoms with Crippen LogP contribution in [0.25, 0.3) is 0 Å². The number of piperidine rings is 1. The second-order valence-electron chi connectivity index (χ2n) is 4.44. The molecule has 17 heavy (non-hydrogen) atoms. The number of ether oxygens (including phenoxy) is 1. The summed E-state index contributed by atoms with van der Waals surface area (Å²) in [6.45, 7) is 9.00. The van der Waals surface area contributed by atoms with Crippen molar-refractivity contribution < 1.29 is 9.53 Å². The van der Waals surface area contributed by atoms with E-state index in [1.165, 1.54) is 0 Å². The van der Waals surface area contributed by atoms with E-state index < -0.39 is 11.7 Å². The van der Waals surface area contributed by atoms with Crippen molar-refractivity contribution in [1.29, 1.82) is 0 Å². The summed E-state index contributed by atoms with van der Waals surface area (Å²) in [5.74, 6) is 0. The Bertz CT molecular complexity index is 393. The van der Waals surface area contributed by atoms with Crippen LogP contribution >= 0.6 is 0 Å². The van der Waals surface area contributed by atoms with Crippen molar-refractivity contribution in [3.63, 3.8) is 0 Å². The van der Waals surface area contributed by atoms with E-state index in [0.717, 1.165) is 25.9 Å². The van der Waals surface area contributed by atoms with Crippen molar-refractivity contribution in [2.45, 2.75) is 18.4 Å². The Labute approximate surface area is 101 Å². The molecule has 5 nitrogen and oxygen atoms in total. The number of carbonyl (C=O) groups is 1. The van der Waals surface area contributed by atoms with E-state index in [-0.39, 0.29) is 0 Å². The molecule has 0 bridgehead atoms. The molecule has 2 rings (SSSR count). The molecule has 1 N–H and O–H groups in total. The minimum atomic E-state index is -0.625. The monoisotopic (exact) mass is 235 g/mol. The fraction of sp³-hybridized carbons (Fsp3) is 0.500. The number of likely N-dealkylation sites (tertiary alicyclic amines) is 1. The Balaban J connectivity index is 2.39. The van der Waals surface area contributed by atoms with Gasteiger partial charge in [-0.2, -0.15) is 0 Å². The highest BCUT2D eigenvalue weighted by Crippen LogP contribution is 2.37. The number of nitrogens with one attached hydrogen (secondary N) is 1. The summed E-state index contributed by atoms with van der Waals surface area (Å²) in [6.07, 6.45) is 2.63. The van der Waals surface area contributed by atoms with Crippen LogP contribution in [-0.4, -0.2) is 43.4 Å². The fourth-order valence-corrected chi connectivity index (χ4v) is 2.36. The number of alkyl carbamates (subject to hydrolysis) is 1. The van der Waals surface area contributed by atoms with Crippen molar-refractivity contribution in [1.82, 2.24) is 10.2 Å². The van der Waals surface area contributed by atoms with Gasteiger partial charge in [0.05, 0.1) is 5.70 Å². The van der Waals surface area contributed by atoms with Crippen LogP contribution in [-0.2, 0) is 4.74 Å². The molecule has 1 fully saturated rings. The van der Waals surface area contributed by atoms with Crippen LogP contribution in [0.1, 0.15) is 12.8 Å². The zero-order valence-corrected chi connectivity index (χ0v) is 10.0. The van der Waals surface area contributed by atoms with Crippen LogP contribution in [0.15, 0.2) is 29.0 Å². The lowest BCUT2D eigenvalue weighted by molar-refractivity contribution is -0.0115. The minimum Gasteiger partial charge on any atom is -0.436 e. The Hall–Kier alpha value is -1.62. The highest BCUT2D eigenvalue weighted by molar-refractivity contribution is 5.74. The van der Waals surface area contributed by atoms with Gasteiger partial charge in [0.1, 0.15) is 5.70 Å². The zero-order chi connectivity index (χ0) is 12.5. The van der Waals surface area contributed by atoms with Crippen molar-refractivity contribution in [2.24, 2.45) is 4.99 Å². The molecule has 2 aliphatic rings. The number of hydrogen-bond donors (Lipinski definition) is 1. The van der Waals surface area contributed by atoms with Crippen molar-refractivity contribution in [3.05, 3.63) is 24.0 Å². The lowest BCUT2D eigenvalue weighted by Gasteiger charge is -2.42. The molecule has 1 amide bonds. The van der Waals surface area contributed by atoms with Gasteiger partial charge in [0.15, 0.2) is 5.60 Å². The maximum Gasteiger partial charge on any atom is 0.412 e. The second kappa shape index (κ2) is 4.33. The molecular weight excluding hydrogens is 218 g/mol. The summed E-state index contributed by atoms with van der Waals surface area (Å²) >= 11 is 0. The van der Waals surface area contributed by atoms with E-state index in [1.54, 1.807) is 6.08 Å². The molecule has 0 radical (unpaired) electrons. The molecule has 0 aromatic heterocycles. The molecule has 0 atom stereocenters. The van der Waals surface area contributed by atoms with Crippen LogP contribution in [0.3, 0.4) is 0 Å². The van der Waals surface area contributed by atoms with E-state index in [1.807, 2.05) is 0 Å². The third-order valence-corrected chi connectivity index (χ3v) is 3.37. The Morgan fingerprint density at radius 3 is 2.71 bits per heavy atom. The maximum atomic E-state index is 11.6. The van der Waals surface area contributed by atoms with Crippen molar-refractivity contribution >= 4 is 12.8 Å². The zero-order valence-electron chi connectivity index (χ0n) is 10.0. The molecule has 0 aliphatic carbocycles. The Morgan fingerprint density at radius 1 is 1.53 bits per heavy atom. The Morgan fingerprint density at radius 2 is 2.18 bits per heavy atom. The number of amides is 1. The molecular formula is C12H17N3O2. The van der Waals surface area contributed by atoms with Crippen molar-refractivity contribution in [3.8, 4) is 0 Å². The summed E-state index contributed by atoms with van der Waals surface area (Å²) in [5.41, 5.74) is 0.682. The SMILES string of the molecule is C=CC1=C(N=C)C2(CCN(C)CC2)OC(=O)N1. The summed E-state index contributed by atoms with van der Waals surface area (Å²) in [7, 11) is 2.05. The van der Waals surface area contributed by atoms with Gasteiger partial charge in [-0.05, 0) is 19.8 Å². The number of aliphatic imine (C=N–C) groups is 1. The molecule has 2 heterocycles. The minimum absolute atomic E-state index is 0.433. The molecule has 92 valence electrons. The standard InChI is InChI=1S/C12H17N3O2/c1-4-9-10(13-2)12(17-11(16)14-9)5-7-15(3)8-6-12/h4H,1-2,5-8H2,3H3,(H,14,16). The van der Waals surface area contributed by atoms with Gasteiger partial charge in [0.25, 0.3) is 0 Å². The van der Waals surface area contributed by atoms with Crippen LogP contribution in [0.4, 0.5) is 4.79 Å². The lowest BCUT2D eigenvalue weighted by Crippen LogP contribution is -2.52. The lowest BCUT2D eigenvalue weighted by atomic mass is 9.86. The van der Waals surface area contributed by atoms with E-state index in [0.29, 0.717) is 11.4 Å². The second-order valence-corrected chi connectivity index (χ2v) is 4.44. The van der Waals surface area contributed by atoms with E-state index >= 15 is 0 Å². The van der Waals surface area contributed by atoms with Gasteiger partial charge < -0.3 is 9.64 Å². The number of nitrogens with zero attached hydrogens (tertiary/aromatic N) is 2. The topological polar surface area (TPSA) is 53.9 Å². The first-order valence-corrected chi connectivity index (χ1v) is 5.64. The summed E-state index contributed by atoms with van der Waals surface area (Å²) < 4.78 is 5.48.